The third kappa shape index (κ3) is 4.40. The molecule has 2 nitrogen and oxygen atoms in total. The zero-order valence-corrected chi connectivity index (χ0v) is 14.7. The van der Waals surface area contributed by atoms with Gasteiger partial charge in [-0.3, -0.25) is 9.69 Å². The molecular weight excluding hydrogens is 326 g/mol. The molecule has 25 heavy (non-hydrogen) atoms. The van der Waals surface area contributed by atoms with Crippen molar-refractivity contribution in [2.24, 2.45) is 0 Å². The maximum atomic E-state index is 13.0. The van der Waals surface area contributed by atoms with Gasteiger partial charge in [0.05, 0.1) is 0 Å². The lowest BCUT2D eigenvalue weighted by atomic mass is 10.1. The number of carbonyl (C=O) groups is 1. The number of carbonyl (C=O) groups excluding carboxylic acids is 1. The molecule has 124 valence electrons. The van der Waals surface area contributed by atoms with Crippen molar-refractivity contribution >= 4 is 28.8 Å². The van der Waals surface area contributed by atoms with Crippen LogP contribution in [0.1, 0.15) is 17.5 Å². The molecule has 0 aromatic heterocycles. The van der Waals surface area contributed by atoms with E-state index in [1.807, 2.05) is 91.0 Å². The van der Waals surface area contributed by atoms with Crippen LogP contribution in [0.25, 0.3) is 0 Å². The predicted octanol–water partition coefficient (Wildman–Crippen LogP) is 5.03. The summed E-state index contributed by atoms with van der Waals surface area (Å²) in [4.78, 5) is 15.1. The number of thiocarbonyl (C=S) groups is 1. The minimum Gasteiger partial charge on any atom is -0.274 e. The van der Waals surface area contributed by atoms with Crippen LogP contribution in [0.4, 0.5) is 5.69 Å². The Morgan fingerprint density at radius 3 is 1.88 bits per heavy atom. The maximum Gasteiger partial charge on any atom is 0.232 e. The predicted molar refractivity (Wildman–Crippen MR) is 107 cm³/mol. The molecule has 0 saturated carbocycles. The number of para-hydroxylation sites is 1. The number of aryl methyl sites for hydroxylation is 1. The summed E-state index contributed by atoms with van der Waals surface area (Å²) in [7, 11) is 0. The molecule has 0 atom stereocenters. The topological polar surface area (TPSA) is 20.3 Å². The molecule has 0 N–H and O–H groups in total. The summed E-state index contributed by atoms with van der Waals surface area (Å²) in [6.45, 7) is 0. The Labute approximate surface area is 153 Å². The minimum absolute atomic E-state index is 0.00362. The van der Waals surface area contributed by atoms with Gasteiger partial charge in [-0.15, -0.1) is 0 Å². The van der Waals surface area contributed by atoms with Crippen LogP contribution in [-0.2, 0) is 11.2 Å². The molecule has 3 aromatic rings. The number of anilines is 1. The highest BCUT2D eigenvalue weighted by atomic mass is 32.1. The van der Waals surface area contributed by atoms with Crippen molar-refractivity contribution < 1.29 is 4.79 Å². The van der Waals surface area contributed by atoms with Crippen LogP contribution in [-0.4, -0.2) is 10.9 Å². The van der Waals surface area contributed by atoms with E-state index >= 15 is 0 Å². The highest BCUT2D eigenvalue weighted by Crippen LogP contribution is 2.20. The molecule has 0 heterocycles. The van der Waals surface area contributed by atoms with Gasteiger partial charge in [-0.25, -0.2) is 0 Å². The van der Waals surface area contributed by atoms with E-state index in [-0.39, 0.29) is 5.91 Å². The van der Waals surface area contributed by atoms with Gasteiger partial charge in [-0.1, -0.05) is 91.1 Å². The maximum absolute atomic E-state index is 13.0. The summed E-state index contributed by atoms with van der Waals surface area (Å²) >= 11 is 5.64. The Balaban J connectivity index is 1.83. The highest BCUT2D eigenvalue weighted by molar-refractivity contribution is 7.81. The molecule has 0 aliphatic heterocycles. The monoisotopic (exact) mass is 345 g/mol. The van der Waals surface area contributed by atoms with Crippen LogP contribution < -0.4 is 4.90 Å². The normalized spacial score (nSPS) is 10.2. The zero-order chi connectivity index (χ0) is 17.5. The van der Waals surface area contributed by atoms with Crippen LogP contribution in [0.3, 0.4) is 0 Å². The van der Waals surface area contributed by atoms with E-state index in [1.165, 1.54) is 0 Å². The van der Waals surface area contributed by atoms with Gasteiger partial charge in [0.25, 0.3) is 0 Å². The Morgan fingerprint density at radius 1 is 0.760 bits per heavy atom. The van der Waals surface area contributed by atoms with Gasteiger partial charge in [0.1, 0.15) is 4.99 Å². The van der Waals surface area contributed by atoms with Crippen LogP contribution in [0, 0.1) is 0 Å². The lowest BCUT2D eigenvalue weighted by molar-refractivity contribution is -0.117. The van der Waals surface area contributed by atoms with Crippen molar-refractivity contribution in [2.75, 3.05) is 4.90 Å². The largest absolute Gasteiger partial charge is 0.274 e. The van der Waals surface area contributed by atoms with Crippen LogP contribution >= 0.6 is 12.2 Å². The van der Waals surface area contributed by atoms with Crippen molar-refractivity contribution in [1.82, 2.24) is 0 Å². The van der Waals surface area contributed by atoms with E-state index in [0.717, 1.165) is 16.8 Å². The first-order valence-corrected chi connectivity index (χ1v) is 8.68. The first-order valence-electron chi connectivity index (χ1n) is 8.27. The molecule has 0 spiro atoms. The van der Waals surface area contributed by atoms with Crippen molar-refractivity contribution in [2.45, 2.75) is 12.8 Å². The number of nitrogens with zero attached hydrogens (tertiary/aromatic N) is 1. The molecule has 3 aromatic carbocycles. The summed E-state index contributed by atoms with van der Waals surface area (Å²) < 4.78 is 0. The van der Waals surface area contributed by atoms with Crippen molar-refractivity contribution in [3.05, 3.63) is 102 Å². The average molecular weight is 345 g/mol. The van der Waals surface area contributed by atoms with E-state index in [9.17, 15) is 4.79 Å². The molecule has 0 saturated heterocycles. The number of amides is 1. The Kier molecular flexibility index (Phi) is 5.70. The summed E-state index contributed by atoms with van der Waals surface area (Å²) in [6, 6.07) is 29.3. The fourth-order valence-corrected chi connectivity index (χ4v) is 3.01. The molecule has 3 heteroatoms. The quantitative estimate of drug-likeness (QED) is 0.605. The van der Waals surface area contributed by atoms with Gasteiger partial charge in [0.15, 0.2) is 0 Å². The second kappa shape index (κ2) is 8.36. The SMILES string of the molecule is O=C(CCc1ccccc1)N(C(=S)c1ccccc1)c1ccccc1. The molecule has 0 bridgehead atoms. The Bertz CT molecular complexity index is 832. The summed E-state index contributed by atoms with van der Waals surface area (Å²) in [6.07, 6.45) is 1.10. The van der Waals surface area contributed by atoms with Crippen molar-refractivity contribution in [1.29, 1.82) is 0 Å². The molecule has 0 aliphatic rings. The highest BCUT2D eigenvalue weighted by Gasteiger charge is 2.21. The average Bonchev–Trinajstić information content (AvgIpc) is 2.69. The van der Waals surface area contributed by atoms with Crippen LogP contribution in [0.2, 0.25) is 0 Å². The standard InChI is InChI=1S/C22H19NOS/c24-21(17-16-18-10-4-1-5-11-18)23(20-14-8-3-9-15-20)22(25)19-12-6-2-7-13-19/h1-15H,16-17H2. The van der Waals surface area contributed by atoms with Gasteiger partial charge in [0, 0.05) is 17.7 Å². The number of hydrogen-bond donors (Lipinski definition) is 0. The molecule has 3 rings (SSSR count). The smallest absolute Gasteiger partial charge is 0.232 e. The van der Waals surface area contributed by atoms with Gasteiger partial charge >= 0.3 is 0 Å². The van der Waals surface area contributed by atoms with Crippen LogP contribution in [0.15, 0.2) is 91.0 Å². The first-order chi connectivity index (χ1) is 12.3. The first kappa shape index (κ1) is 17.1. The Morgan fingerprint density at radius 2 is 1.28 bits per heavy atom. The second-order valence-electron chi connectivity index (χ2n) is 5.72. The van der Waals surface area contributed by atoms with Gasteiger partial charge in [-0.2, -0.15) is 0 Å². The lowest BCUT2D eigenvalue weighted by Crippen LogP contribution is -2.36. The van der Waals surface area contributed by atoms with E-state index in [1.54, 1.807) is 4.90 Å². The van der Waals surface area contributed by atoms with E-state index in [4.69, 9.17) is 12.2 Å². The molecular formula is C22H19NOS. The van der Waals surface area contributed by atoms with Crippen molar-refractivity contribution in [3.63, 3.8) is 0 Å². The molecule has 1 amide bonds. The summed E-state index contributed by atoms with van der Waals surface area (Å²) in [5, 5.41) is 0. The van der Waals surface area contributed by atoms with Gasteiger partial charge < -0.3 is 0 Å². The third-order valence-electron chi connectivity index (χ3n) is 3.96. The summed E-state index contributed by atoms with van der Waals surface area (Å²) in [5.41, 5.74) is 2.82. The summed E-state index contributed by atoms with van der Waals surface area (Å²) in [5.74, 6) is 0.00362. The van der Waals surface area contributed by atoms with Gasteiger partial charge in [-0.05, 0) is 24.1 Å². The van der Waals surface area contributed by atoms with E-state index in [2.05, 4.69) is 0 Å². The Hall–Kier alpha value is -2.78. The fraction of sp³-hybridized carbons (Fsp3) is 0.0909. The number of hydrogen-bond acceptors (Lipinski definition) is 2. The molecule has 0 aliphatic carbocycles. The zero-order valence-electron chi connectivity index (χ0n) is 13.8. The molecule has 0 radical (unpaired) electrons. The number of rotatable bonds is 5. The lowest BCUT2D eigenvalue weighted by Gasteiger charge is -2.24. The van der Waals surface area contributed by atoms with Gasteiger partial charge in [0.2, 0.25) is 5.91 Å². The van der Waals surface area contributed by atoms with E-state index in [0.29, 0.717) is 17.8 Å². The second-order valence-corrected chi connectivity index (χ2v) is 6.11. The van der Waals surface area contributed by atoms with Crippen LogP contribution in [0.5, 0.6) is 0 Å². The molecule has 0 fully saturated rings. The van der Waals surface area contributed by atoms with E-state index < -0.39 is 0 Å². The molecule has 0 unspecified atom stereocenters. The fourth-order valence-electron chi connectivity index (χ4n) is 2.67. The minimum atomic E-state index is 0.00362. The number of benzene rings is 3. The van der Waals surface area contributed by atoms with Crippen molar-refractivity contribution in [3.8, 4) is 0 Å². The third-order valence-corrected chi connectivity index (χ3v) is 4.38.